The standard InChI is InChI=1S/C14H16F3N3/c15-14(16,17)10-19-13(9-18)6-7-20(11-13)8-12-4-2-1-3-5-12/h1-5,19H,6-8,10-11H2. The van der Waals surface area contributed by atoms with Crippen LogP contribution in [0.2, 0.25) is 0 Å². The average molecular weight is 283 g/mol. The molecule has 0 radical (unpaired) electrons. The highest BCUT2D eigenvalue weighted by atomic mass is 19.4. The van der Waals surface area contributed by atoms with E-state index in [0.717, 1.165) is 5.56 Å². The molecule has 1 aliphatic rings. The number of nitrogens with zero attached hydrogens (tertiary/aromatic N) is 2. The van der Waals surface area contributed by atoms with Gasteiger partial charge in [-0.25, -0.2) is 0 Å². The van der Waals surface area contributed by atoms with Crippen LogP contribution >= 0.6 is 0 Å². The molecule has 2 rings (SSSR count). The molecule has 1 aliphatic heterocycles. The van der Waals surface area contributed by atoms with Gasteiger partial charge in [-0.15, -0.1) is 0 Å². The molecule has 0 aromatic heterocycles. The van der Waals surface area contributed by atoms with Crippen LogP contribution < -0.4 is 5.32 Å². The van der Waals surface area contributed by atoms with Gasteiger partial charge < -0.3 is 0 Å². The maximum atomic E-state index is 12.3. The van der Waals surface area contributed by atoms with E-state index in [1.807, 2.05) is 41.3 Å². The van der Waals surface area contributed by atoms with E-state index in [1.54, 1.807) is 0 Å². The highest BCUT2D eigenvalue weighted by Crippen LogP contribution is 2.24. The van der Waals surface area contributed by atoms with E-state index >= 15 is 0 Å². The lowest BCUT2D eigenvalue weighted by atomic mass is 10.0. The van der Waals surface area contributed by atoms with Gasteiger partial charge in [0, 0.05) is 19.6 Å². The van der Waals surface area contributed by atoms with Crippen LogP contribution in [0.5, 0.6) is 0 Å². The van der Waals surface area contributed by atoms with Gasteiger partial charge in [0.05, 0.1) is 12.6 Å². The topological polar surface area (TPSA) is 39.1 Å². The lowest BCUT2D eigenvalue weighted by Crippen LogP contribution is -2.49. The van der Waals surface area contributed by atoms with Gasteiger partial charge in [-0.05, 0) is 12.0 Å². The summed E-state index contributed by atoms with van der Waals surface area (Å²) < 4.78 is 36.8. The Bertz CT molecular complexity index is 481. The molecule has 6 heteroatoms. The summed E-state index contributed by atoms with van der Waals surface area (Å²) in [6, 6.07) is 11.7. The second-order valence-electron chi connectivity index (χ2n) is 5.11. The quantitative estimate of drug-likeness (QED) is 0.921. The fourth-order valence-corrected chi connectivity index (χ4v) is 2.41. The highest BCUT2D eigenvalue weighted by Gasteiger charge is 2.41. The minimum absolute atomic E-state index is 0.314. The number of alkyl halides is 3. The number of nitrogens with one attached hydrogen (secondary N) is 1. The lowest BCUT2D eigenvalue weighted by Gasteiger charge is -2.24. The lowest BCUT2D eigenvalue weighted by molar-refractivity contribution is -0.127. The van der Waals surface area contributed by atoms with Crippen molar-refractivity contribution in [3.63, 3.8) is 0 Å². The van der Waals surface area contributed by atoms with E-state index in [4.69, 9.17) is 0 Å². The Labute approximate surface area is 116 Å². The van der Waals surface area contributed by atoms with Crippen molar-refractivity contribution in [3.05, 3.63) is 35.9 Å². The van der Waals surface area contributed by atoms with Crippen molar-refractivity contribution in [1.82, 2.24) is 10.2 Å². The third-order valence-electron chi connectivity index (χ3n) is 3.44. The number of benzene rings is 1. The molecule has 0 saturated carbocycles. The van der Waals surface area contributed by atoms with Gasteiger partial charge in [0.2, 0.25) is 0 Å². The normalized spacial score (nSPS) is 23.7. The van der Waals surface area contributed by atoms with Gasteiger partial charge >= 0.3 is 6.18 Å². The molecular weight excluding hydrogens is 267 g/mol. The Morgan fingerprint density at radius 3 is 2.60 bits per heavy atom. The fourth-order valence-electron chi connectivity index (χ4n) is 2.41. The first kappa shape index (κ1) is 14.8. The van der Waals surface area contributed by atoms with Crippen molar-refractivity contribution in [2.45, 2.75) is 24.7 Å². The van der Waals surface area contributed by atoms with Crippen LogP contribution in [-0.2, 0) is 6.54 Å². The second-order valence-corrected chi connectivity index (χ2v) is 5.11. The molecule has 1 heterocycles. The Morgan fingerprint density at radius 2 is 2.00 bits per heavy atom. The molecule has 1 aromatic carbocycles. The maximum Gasteiger partial charge on any atom is 0.401 e. The molecule has 0 aliphatic carbocycles. The third-order valence-corrected chi connectivity index (χ3v) is 3.44. The van der Waals surface area contributed by atoms with Crippen molar-refractivity contribution in [1.29, 1.82) is 5.26 Å². The minimum atomic E-state index is -4.29. The first-order valence-corrected chi connectivity index (χ1v) is 6.42. The SMILES string of the molecule is N#CC1(NCC(F)(F)F)CCN(Cc2ccccc2)C1. The zero-order valence-corrected chi connectivity index (χ0v) is 11.0. The van der Waals surface area contributed by atoms with Gasteiger partial charge in [-0.3, -0.25) is 10.2 Å². The number of rotatable bonds is 4. The number of hydrogen-bond donors (Lipinski definition) is 1. The minimum Gasteiger partial charge on any atom is -0.296 e. The van der Waals surface area contributed by atoms with E-state index in [0.29, 0.717) is 26.1 Å². The van der Waals surface area contributed by atoms with Crippen LogP contribution in [0.3, 0.4) is 0 Å². The summed E-state index contributed by atoms with van der Waals surface area (Å²) in [5.74, 6) is 0. The molecule has 1 N–H and O–H groups in total. The summed E-state index contributed by atoms with van der Waals surface area (Å²) in [6.45, 7) is 0.458. The van der Waals surface area contributed by atoms with Crippen LogP contribution in [-0.4, -0.2) is 36.2 Å². The summed E-state index contributed by atoms with van der Waals surface area (Å²) in [7, 11) is 0. The Morgan fingerprint density at radius 1 is 1.30 bits per heavy atom. The molecule has 1 aromatic rings. The van der Waals surface area contributed by atoms with Crippen molar-refractivity contribution >= 4 is 0 Å². The Hall–Kier alpha value is -1.58. The van der Waals surface area contributed by atoms with Gasteiger partial charge in [0.15, 0.2) is 0 Å². The molecule has 1 unspecified atom stereocenters. The molecule has 0 bridgehead atoms. The van der Waals surface area contributed by atoms with E-state index in [-0.39, 0.29) is 0 Å². The zero-order valence-electron chi connectivity index (χ0n) is 11.0. The van der Waals surface area contributed by atoms with E-state index in [1.165, 1.54) is 0 Å². The van der Waals surface area contributed by atoms with Crippen LogP contribution in [0.4, 0.5) is 13.2 Å². The summed E-state index contributed by atoms with van der Waals surface area (Å²) in [4.78, 5) is 2.00. The van der Waals surface area contributed by atoms with Gasteiger partial charge in [-0.1, -0.05) is 30.3 Å². The monoisotopic (exact) mass is 283 g/mol. The first-order valence-electron chi connectivity index (χ1n) is 6.42. The summed E-state index contributed by atoms with van der Waals surface area (Å²) in [5.41, 5.74) is 0.00155. The second kappa shape index (κ2) is 5.81. The van der Waals surface area contributed by atoms with Gasteiger partial charge in [0.25, 0.3) is 0 Å². The molecule has 0 amide bonds. The van der Waals surface area contributed by atoms with Crippen molar-refractivity contribution in [3.8, 4) is 6.07 Å². The number of hydrogen-bond acceptors (Lipinski definition) is 3. The Balaban J connectivity index is 1.94. The molecule has 1 saturated heterocycles. The number of likely N-dealkylation sites (tertiary alicyclic amines) is 1. The molecule has 1 fully saturated rings. The first-order chi connectivity index (χ1) is 9.42. The van der Waals surface area contributed by atoms with Crippen LogP contribution in [0, 0.1) is 11.3 Å². The van der Waals surface area contributed by atoms with Crippen molar-refractivity contribution in [2.75, 3.05) is 19.6 Å². The van der Waals surface area contributed by atoms with Gasteiger partial charge in [-0.2, -0.15) is 18.4 Å². The largest absolute Gasteiger partial charge is 0.401 e. The molecule has 0 spiro atoms. The zero-order chi connectivity index (χ0) is 14.6. The maximum absolute atomic E-state index is 12.3. The Kier molecular flexibility index (Phi) is 4.31. The number of nitriles is 1. The summed E-state index contributed by atoms with van der Waals surface area (Å²) in [5, 5.41) is 11.6. The fraction of sp³-hybridized carbons (Fsp3) is 0.500. The van der Waals surface area contributed by atoms with Crippen LogP contribution in [0.15, 0.2) is 30.3 Å². The smallest absolute Gasteiger partial charge is 0.296 e. The van der Waals surface area contributed by atoms with Gasteiger partial charge in [0.1, 0.15) is 5.54 Å². The van der Waals surface area contributed by atoms with Crippen LogP contribution in [0.25, 0.3) is 0 Å². The van der Waals surface area contributed by atoms with Crippen molar-refractivity contribution < 1.29 is 13.2 Å². The summed E-state index contributed by atoms with van der Waals surface area (Å²) >= 11 is 0. The molecule has 108 valence electrons. The molecule has 3 nitrogen and oxygen atoms in total. The van der Waals surface area contributed by atoms with Crippen LogP contribution in [0.1, 0.15) is 12.0 Å². The summed E-state index contributed by atoms with van der Waals surface area (Å²) in [6.07, 6.45) is -3.89. The van der Waals surface area contributed by atoms with E-state index in [2.05, 4.69) is 5.32 Å². The van der Waals surface area contributed by atoms with E-state index in [9.17, 15) is 18.4 Å². The molecular formula is C14H16F3N3. The van der Waals surface area contributed by atoms with Crippen molar-refractivity contribution in [2.24, 2.45) is 0 Å². The predicted octanol–water partition coefficient (Wildman–Crippen LogP) is 2.31. The molecule has 1 atom stereocenters. The number of halogens is 3. The highest BCUT2D eigenvalue weighted by molar-refractivity contribution is 5.17. The predicted molar refractivity (Wildman–Crippen MR) is 68.7 cm³/mol. The average Bonchev–Trinajstić information content (AvgIpc) is 2.81. The van der Waals surface area contributed by atoms with E-state index < -0.39 is 18.3 Å². The third kappa shape index (κ3) is 3.95. The molecule has 20 heavy (non-hydrogen) atoms.